The lowest BCUT2D eigenvalue weighted by molar-refractivity contribution is -0.129. The van der Waals surface area contributed by atoms with Gasteiger partial charge in [0, 0.05) is 18.7 Å². The number of benzene rings is 1. The number of hydrogen-bond acceptors (Lipinski definition) is 6. The van der Waals surface area contributed by atoms with Gasteiger partial charge in [0.1, 0.15) is 23.7 Å². The molecule has 1 aliphatic heterocycles. The quantitative estimate of drug-likeness (QED) is 0.336. The number of carbonyl (C=O) groups is 1. The second-order valence-electron chi connectivity index (χ2n) is 9.19. The van der Waals surface area contributed by atoms with Crippen molar-refractivity contribution < 1.29 is 18.0 Å². The van der Waals surface area contributed by atoms with E-state index in [1.54, 1.807) is 12.4 Å². The summed E-state index contributed by atoms with van der Waals surface area (Å²) in [7, 11) is 0. The molecule has 1 aliphatic carbocycles. The highest BCUT2D eigenvalue weighted by molar-refractivity contribution is 5.91. The van der Waals surface area contributed by atoms with E-state index in [1.807, 2.05) is 4.57 Å². The lowest BCUT2D eigenvalue weighted by Gasteiger charge is -2.21. The lowest BCUT2D eigenvalue weighted by Crippen LogP contribution is -2.38. The molecular weight excluding hydrogens is 485 g/mol. The molecule has 2 atom stereocenters. The maximum Gasteiger partial charge on any atom is 0.258 e. The molecule has 0 spiro atoms. The molecule has 2 fully saturated rings. The Morgan fingerprint density at radius 1 is 1.19 bits per heavy atom. The first-order valence-electron chi connectivity index (χ1n) is 11.7. The molecule has 1 saturated heterocycles. The largest absolute Gasteiger partial charge is 0.383 e. The molecular formula is C25H21F3N8O. The van der Waals surface area contributed by atoms with Crippen LogP contribution < -0.4 is 5.73 Å². The molecule has 4 heterocycles. The zero-order valence-electron chi connectivity index (χ0n) is 19.5. The van der Waals surface area contributed by atoms with Crippen molar-refractivity contribution in [3.05, 3.63) is 54.5 Å². The molecule has 1 saturated carbocycles. The maximum absolute atomic E-state index is 14.9. The highest BCUT2D eigenvalue weighted by Gasteiger charge is 2.41. The average molecular weight is 506 g/mol. The molecule has 2 aliphatic rings. The Hall–Kier alpha value is -4.40. The Morgan fingerprint density at radius 3 is 2.73 bits per heavy atom. The first-order valence-corrected chi connectivity index (χ1v) is 11.7. The first-order chi connectivity index (χ1) is 17.9. The Morgan fingerprint density at radius 2 is 2.00 bits per heavy atom. The molecule has 12 heteroatoms. The number of amides is 1. The summed E-state index contributed by atoms with van der Waals surface area (Å²) in [5.74, 6) is 4.67. The van der Waals surface area contributed by atoms with E-state index >= 15 is 0 Å². The van der Waals surface area contributed by atoms with Crippen molar-refractivity contribution in [3.8, 4) is 11.8 Å². The van der Waals surface area contributed by atoms with Crippen LogP contribution in [0.4, 0.5) is 19.0 Å². The summed E-state index contributed by atoms with van der Waals surface area (Å²) >= 11 is 0. The molecule has 0 radical (unpaired) electrons. The normalized spacial score (nSPS) is 19.5. The molecule has 4 aromatic rings. The van der Waals surface area contributed by atoms with Crippen LogP contribution in [-0.4, -0.2) is 59.1 Å². The van der Waals surface area contributed by atoms with Crippen molar-refractivity contribution >= 4 is 33.8 Å². The topological polar surface area (TPSA) is 108 Å². The highest BCUT2D eigenvalue weighted by Crippen LogP contribution is 2.37. The predicted octanol–water partition coefficient (Wildman–Crippen LogP) is 3.23. The summed E-state index contributed by atoms with van der Waals surface area (Å²) in [5, 5.41) is 4.83. The number of nitrogen functional groups attached to an aromatic ring is 1. The molecule has 3 aromatic heterocycles. The molecule has 37 heavy (non-hydrogen) atoms. The first kappa shape index (κ1) is 23.0. The smallest absolute Gasteiger partial charge is 0.258 e. The highest BCUT2D eigenvalue weighted by atomic mass is 19.3. The summed E-state index contributed by atoms with van der Waals surface area (Å²) < 4.78 is 45.8. The minimum absolute atomic E-state index is 0.0115. The third kappa shape index (κ3) is 3.87. The van der Waals surface area contributed by atoms with E-state index < -0.39 is 30.2 Å². The standard InChI is InChI=1S/C25H21F3N8O/c1-2-21(37)34-10-15(8-20(34)23(27)28)36-25-22(24(29)30-11-31-25)17(33-36)6-3-13-7-18-19(9-16(13)26)35(12-32-18)14-4-5-14/h2,7,9,11-12,14-15,20,23H,1,4-5,8,10H2,(H2,29,30,31)/t15-,20+/m0/s1. The molecule has 0 unspecified atom stereocenters. The van der Waals surface area contributed by atoms with Crippen molar-refractivity contribution in [1.29, 1.82) is 0 Å². The van der Waals surface area contributed by atoms with E-state index in [0.717, 1.165) is 23.8 Å². The van der Waals surface area contributed by atoms with Gasteiger partial charge in [-0.1, -0.05) is 12.5 Å². The minimum atomic E-state index is -2.74. The van der Waals surface area contributed by atoms with Crippen LogP contribution in [0.1, 0.15) is 42.6 Å². The van der Waals surface area contributed by atoms with Crippen molar-refractivity contribution in [2.24, 2.45) is 0 Å². The van der Waals surface area contributed by atoms with Gasteiger partial charge in [0.15, 0.2) is 5.65 Å². The number of nitrogens with two attached hydrogens (primary N) is 1. The third-order valence-electron chi connectivity index (χ3n) is 6.85. The van der Waals surface area contributed by atoms with E-state index in [4.69, 9.17) is 5.73 Å². The van der Waals surface area contributed by atoms with E-state index in [1.165, 1.54) is 17.1 Å². The van der Waals surface area contributed by atoms with Crippen molar-refractivity contribution in [1.82, 2.24) is 34.2 Å². The fourth-order valence-corrected chi connectivity index (χ4v) is 4.88. The average Bonchev–Trinajstić information content (AvgIpc) is 3.32. The Bertz CT molecular complexity index is 1630. The number of halogens is 3. The van der Waals surface area contributed by atoms with Gasteiger partial charge in [-0.15, -0.1) is 0 Å². The van der Waals surface area contributed by atoms with Gasteiger partial charge in [-0.3, -0.25) is 4.79 Å². The van der Waals surface area contributed by atoms with Crippen LogP contribution in [0.5, 0.6) is 0 Å². The number of hydrogen-bond donors (Lipinski definition) is 1. The lowest BCUT2D eigenvalue weighted by atomic mass is 10.1. The molecule has 1 amide bonds. The van der Waals surface area contributed by atoms with Crippen LogP contribution in [0.25, 0.3) is 22.1 Å². The van der Waals surface area contributed by atoms with Crippen LogP contribution in [-0.2, 0) is 4.79 Å². The van der Waals surface area contributed by atoms with Crippen molar-refractivity contribution in [2.45, 2.75) is 43.8 Å². The third-order valence-corrected chi connectivity index (χ3v) is 6.85. The molecule has 9 nitrogen and oxygen atoms in total. The fraction of sp³-hybridized carbons (Fsp3) is 0.320. The zero-order valence-corrected chi connectivity index (χ0v) is 19.5. The van der Waals surface area contributed by atoms with Gasteiger partial charge < -0.3 is 15.2 Å². The number of likely N-dealkylation sites (tertiary alicyclic amines) is 1. The number of anilines is 1. The van der Waals surface area contributed by atoms with E-state index in [2.05, 4.69) is 38.5 Å². The summed E-state index contributed by atoms with van der Waals surface area (Å²) in [6.07, 6.45) is 3.27. The Kier molecular flexibility index (Phi) is 5.36. The second-order valence-corrected chi connectivity index (χ2v) is 9.19. The number of alkyl halides is 2. The minimum Gasteiger partial charge on any atom is -0.383 e. The summed E-state index contributed by atoms with van der Waals surface area (Å²) in [6.45, 7) is 3.39. The summed E-state index contributed by atoms with van der Waals surface area (Å²) in [4.78, 5) is 25.9. The van der Waals surface area contributed by atoms with Crippen LogP contribution in [0.15, 0.2) is 37.4 Å². The van der Waals surface area contributed by atoms with Crippen molar-refractivity contribution in [3.63, 3.8) is 0 Å². The number of carbonyl (C=O) groups excluding carboxylic acids is 1. The van der Waals surface area contributed by atoms with E-state index in [9.17, 15) is 18.0 Å². The van der Waals surface area contributed by atoms with E-state index in [-0.39, 0.29) is 30.0 Å². The molecule has 0 bridgehead atoms. The predicted molar refractivity (Wildman–Crippen MR) is 129 cm³/mol. The van der Waals surface area contributed by atoms with Crippen molar-refractivity contribution in [2.75, 3.05) is 12.3 Å². The van der Waals surface area contributed by atoms with Gasteiger partial charge in [0.25, 0.3) is 6.43 Å². The van der Waals surface area contributed by atoms with Gasteiger partial charge in [-0.05, 0) is 37.3 Å². The number of nitrogens with zero attached hydrogens (tertiary/aromatic N) is 7. The number of aromatic nitrogens is 6. The fourth-order valence-electron chi connectivity index (χ4n) is 4.88. The van der Waals surface area contributed by atoms with Crippen LogP contribution in [0.2, 0.25) is 0 Å². The van der Waals surface area contributed by atoms with Crippen LogP contribution in [0.3, 0.4) is 0 Å². The number of rotatable bonds is 4. The summed E-state index contributed by atoms with van der Waals surface area (Å²) in [5.41, 5.74) is 8.05. The SMILES string of the molecule is C=CC(=O)N1C[C@@H](n2nc(C#Cc3cc4ncn(C5CC5)c4cc3F)c3c(N)ncnc32)C[C@@H]1C(F)F. The second kappa shape index (κ2) is 8.62. The van der Waals surface area contributed by atoms with Gasteiger partial charge in [-0.2, -0.15) is 5.10 Å². The van der Waals surface area contributed by atoms with Gasteiger partial charge in [0.05, 0.1) is 40.4 Å². The Balaban J connectivity index is 1.40. The van der Waals surface area contributed by atoms with Crippen LogP contribution in [0, 0.1) is 17.7 Å². The zero-order chi connectivity index (χ0) is 25.8. The van der Waals surface area contributed by atoms with E-state index in [0.29, 0.717) is 28.1 Å². The summed E-state index contributed by atoms with van der Waals surface area (Å²) in [6, 6.07) is 1.47. The molecule has 6 rings (SSSR count). The van der Waals surface area contributed by atoms with Gasteiger partial charge >= 0.3 is 0 Å². The number of fused-ring (bicyclic) bond motifs is 2. The van der Waals surface area contributed by atoms with Gasteiger partial charge in [-0.25, -0.2) is 32.8 Å². The Labute approximate surface area is 208 Å². The molecule has 2 N–H and O–H groups in total. The molecule has 1 aromatic carbocycles. The number of imidazole rings is 1. The van der Waals surface area contributed by atoms with Crippen LogP contribution >= 0.6 is 0 Å². The maximum atomic E-state index is 14.9. The monoisotopic (exact) mass is 506 g/mol. The molecule has 188 valence electrons. The van der Waals surface area contributed by atoms with Gasteiger partial charge in [0.2, 0.25) is 5.91 Å².